The summed E-state index contributed by atoms with van der Waals surface area (Å²) in [4.78, 5) is 28.5. The van der Waals surface area contributed by atoms with Crippen LogP contribution in [0.4, 0.5) is 0 Å². The van der Waals surface area contributed by atoms with E-state index < -0.39 is 18.0 Å². The fourth-order valence-corrected chi connectivity index (χ4v) is 6.14. The molecule has 7 nitrogen and oxygen atoms in total. The highest BCUT2D eigenvalue weighted by Gasteiger charge is 2.31. The van der Waals surface area contributed by atoms with Gasteiger partial charge in [0, 0.05) is 13.5 Å². The zero-order valence-electron chi connectivity index (χ0n) is 27.8. The van der Waals surface area contributed by atoms with Crippen LogP contribution in [-0.2, 0) is 35.6 Å². The third kappa shape index (κ3) is 9.01. The Kier molecular flexibility index (Phi) is 11.7. The van der Waals surface area contributed by atoms with E-state index in [2.05, 4.69) is 55.6 Å². The normalized spacial score (nSPS) is 18.6. The number of nitrogens with zero attached hydrogens (tertiary/aromatic N) is 1. The highest BCUT2D eigenvalue weighted by atomic mass is 16.5. The smallest absolute Gasteiger partial charge is 0.240 e. The van der Waals surface area contributed by atoms with Crippen LogP contribution in [0.15, 0.2) is 97.1 Å². The van der Waals surface area contributed by atoms with Crippen LogP contribution >= 0.6 is 0 Å². The van der Waals surface area contributed by atoms with Crippen molar-refractivity contribution >= 4 is 11.8 Å². The number of fused-ring (bicyclic) bond motifs is 5. The van der Waals surface area contributed by atoms with Crippen LogP contribution in [0.1, 0.15) is 55.4 Å². The standard InChI is InChI=1S/C40H47N3O4/c1-4-5-16-35-40(45)43(3)36(39(41)44)24-34-23-32(18-20-38(34)47-27-30-14-10-7-11-15-30)31-17-19-37(33(22-31)21-28(2)25-42-35)46-26-29-12-8-6-9-13-29/h6-15,17-20,22-23,28,35-36,42H,4-5,16,21,24-27H2,1-3H3,(H2,41,44)/t28-,35-,36-/m0/s1. The number of nitrogens with one attached hydrogen (secondary N) is 1. The van der Waals surface area contributed by atoms with E-state index in [-0.39, 0.29) is 18.2 Å². The summed E-state index contributed by atoms with van der Waals surface area (Å²) in [6, 6.07) is 31.3. The predicted octanol–water partition coefficient (Wildman–Crippen LogP) is 6.71. The SMILES string of the molecule is CCCC[C@@H]1NC[C@@H](C)Cc2cc(ccc2OCc2ccccc2)-c2ccc(OCc3ccccc3)c(c2)C[C@@H](C(N)=O)N(C)C1=O. The predicted molar refractivity (Wildman–Crippen MR) is 187 cm³/mol. The molecule has 1 aliphatic heterocycles. The van der Waals surface area contributed by atoms with Crippen molar-refractivity contribution in [1.29, 1.82) is 0 Å². The van der Waals surface area contributed by atoms with Crippen molar-refractivity contribution in [3.05, 3.63) is 119 Å². The molecule has 0 unspecified atom stereocenters. The molecule has 0 spiro atoms. The Hall–Kier alpha value is -4.62. The minimum atomic E-state index is -0.838. The van der Waals surface area contributed by atoms with Gasteiger partial charge in [-0.2, -0.15) is 0 Å². The van der Waals surface area contributed by atoms with E-state index in [4.69, 9.17) is 15.2 Å². The molecule has 1 heterocycles. The number of unbranched alkanes of at least 4 members (excludes halogenated alkanes) is 1. The first-order chi connectivity index (χ1) is 22.8. The number of hydrogen-bond donors (Lipinski definition) is 2. The fourth-order valence-electron chi connectivity index (χ4n) is 6.14. The summed E-state index contributed by atoms with van der Waals surface area (Å²) in [6.07, 6.45) is 3.54. The second-order valence-corrected chi connectivity index (χ2v) is 12.7. The van der Waals surface area contributed by atoms with Gasteiger partial charge in [0.2, 0.25) is 11.8 Å². The first-order valence-corrected chi connectivity index (χ1v) is 16.7. The number of nitrogens with two attached hydrogens (primary N) is 1. The maximum absolute atomic E-state index is 14.0. The summed E-state index contributed by atoms with van der Waals surface area (Å²) in [5.74, 6) is 1.05. The molecule has 4 bridgehead atoms. The molecule has 4 aromatic rings. The number of primary amides is 1. The van der Waals surface area contributed by atoms with Crippen molar-refractivity contribution < 1.29 is 19.1 Å². The fraction of sp³-hybridized carbons (Fsp3) is 0.350. The third-order valence-corrected chi connectivity index (χ3v) is 8.91. The van der Waals surface area contributed by atoms with Gasteiger partial charge in [0.05, 0.1) is 6.04 Å². The average molecular weight is 634 g/mol. The molecule has 0 aromatic heterocycles. The molecule has 0 radical (unpaired) electrons. The maximum Gasteiger partial charge on any atom is 0.240 e. The molecular formula is C40H47N3O4. The van der Waals surface area contributed by atoms with E-state index in [9.17, 15) is 9.59 Å². The summed E-state index contributed by atoms with van der Waals surface area (Å²) < 4.78 is 12.7. The number of hydrogen-bond acceptors (Lipinski definition) is 5. The lowest BCUT2D eigenvalue weighted by atomic mass is 9.94. The van der Waals surface area contributed by atoms with Gasteiger partial charge < -0.3 is 25.4 Å². The van der Waals surface area contributed by atoms with Gasteiger partial charge in [0.15, 0.2) is 0 Å². The first-order valence-electron chi connectivity index (χ1n) is 16.7. The molecule has 0 aliphatic carbocycles. The number of ether oxygens (including phenoxy) is 2. The Labute approximate surface area is 279 Å². The van der Waals surface area contributed by atoms with Gasteiger partial charge in [0.1, 0.15) is 30.8 Å². The van der Waals surface area contributed by atoms with Crippen molar-refractivity contribution in [1.82, 2.24) is 10.2 Å². The zero-order valence-corrected chi connectivity index (χ0v) is 27.8. The van der Waals surface area contributed by atoms with Crippen molar-refractivity contribution in [3.63, 3.8) is 0 Å². The van der Waals surface area contributed by atoms with Crippen LogP contribution in [0.3, 0.4) is 0 Å². The molecular weight excluding hydrogens is 586 g/mol. The van der Waals surface area contributed by atoms with Gasteiger partial charge >= 0.3 is 0 Å². The van der Waals surface area contributed by atoms with E-state index in [1.54, 1.807) is 7.05 Å². The van der Waals surface area contributed by atoms with Gasteiger partial charge in [-0.05, 0) is 83.0 Å². The topological polar surface area (TPSA) is 93.9 Å². The molecule has 246 valence electrons. The molecule has 1 aliphatic rings. The molecule has 47 heavy (non-hydrogen) atoms. The zero-order chi connectivity index (χ0) is 33.2. The van der Waals surface area contributed by atoms with Gasteiger partial charge in [-0.15, -0.1) is 0 Å². The Morgan fingerprint density at radius 3 is 1.87 bits per heavy atom. The van der Waals surface area contributed by atoms with Gasteiger partial charge in [0.25, 0.3) is 0 Å². The third-order valence-electron chi connectivity index (χ3n) is 8.91. The lowest BCUT2D eigenvalue weighted by Crippen LogP contribution is -2.53. The van der Waals surface area contributed by atoms with Crippen LogP contribution in [-0.4, -0.2) is 42.4 Å². The highest BCUT2D eigenvalue weighted by Crippen LogP contribution is 2.33. The molecule has 4 aromatic carbocycles. The maximum atomic E-state index is 14.0. The molecule has 5 rings (SSSR count). The molecule has 0 saturated heterocycles. The Morgan fingerprint density at radius 1 is 0.830 bits per heavy atom. The van der Waals surface area contributed by atoms with Crippen LogP contribution < -0.4 is 20.5 Å². The van der Waals surface area contributed by atoms with Crippen LogP contribution in [0, 0.1) is 5.92 Å². The quantitative estimate of drug-likeness (QED) is 0.203. The lowest BCUT2D eigenvalue weighted by molar-refractivity contribution is -0.139. The van der Waals surface area contributed by atoms with Gasteiger partial charge in [-0.3, -0.25) is 9.59 Å². The molecule has 0 fully saturated rings. The minimum Gasteiger partial charge on any atom is -0.489 e. The van der Waals surface area contributed by atoms with Crippen molar-refractivity contribution in [2.45, 2.75) is 71.2 Å². The molecule has 2 amide bonds. The second-order valence-electron chi connectivity index (χ2n) is 12.7. The van der Waals surface area contributed by atoms with Crippen LogP contribution in [0.25, 0.3) is 11.1 Å². The van der Waals surface area contributed by atoms with Crippen molar-refractivity contribution in [2.75, 3.05) is 13.6 Å². The summed E-state index contributed by atoms with van der Waals surface area (Å²) in [5.41, 5.74) is 12.1. The summed E-state index contributed by atoms with van der Waals surface area (Å²) in [5, 5.41) is 3.55. The lowest BCUT2D eigenvalue weighted by Gasteiger charge is -2.31. The highest BCUT2D eigenvalue weighted by molar-refractivity contribution is 5.89. The molecule has 3 atom stereocenters. The Balaban J connectivity index is 1.55. The number of amides is 2. The minimum absolute atomic E-state index is 0.125. The second kappa shape index (κ2) is 16.3. The molecule has 3 N–H and O–H groups in total. The van der Waals surface area contributed by atoms with E-state index in [0.29, 0.717) is 31.9 Å². The number of likely N-dealkylation sites (N-methyl/N-ethyl adjacent to an activating group) is 1. The number of benzene rings is 4. The Bertz CT molecular complexity index is 1630. The molecule has 0 saturated carbocycles. The van der Waals surface area contributed by atoms with E-state index in [1.165, 1.54) is 4.90 Å². The van der Waals surface area contributed by atoms with E-state index in [1.807, 2.05) is 60.7 Å². The van der Waals surface area contributed by atoms with E-state index >= 15 is 0 Å². The van der Waals surface area contributed by atoms with E-state index in [0.717, 1.165) is 58.4 Å². The van der Waals surface area contributed by atoms with Crippen molar-refractivity contribution in [3.8, 4) is 22.6 Å². The van der Waals surface area contributed by atoms with Crippen LogP contribution in [0.5, 0.6) is 11.5 Å². The number of carbonyl (C=O) groups is 2. The largest absolute Gasteiger partial charge is 0.489 e. The monoisotopic (exact) mass is 633 g/mol. The number of carbonyl (C=O) groups excluding carboxylic acids is 2. The Morgan fingerprint density at radius 2 is 1.36 bits per heavy atom. The van der Waals surface area contributed by atoms with Crippen LogP contribution in [0.2, 0.25) is 0 Å². The van der Waals surface area contributed by atoms with Crippen molar-refractivity contribution in [2.24, 2.45) is 11.7 Å². The van der Waals surface area contributed by atoms with Gasteiger partial charge in [-0.1, -0.05) is 99.5 Å². The summed E-state index contributed by atoms with van der Waals surface area (Å²) in [7, 11) is 1.69. The number of rotatable bonds is 10. The summed E-state index contributed by atoms with van der Waals surface area (Å²) >= 11 is 0. The average Bonchev–Trinajstić information content (AvgIpc) is 3.09. The summed E-state index contributed by atoms with van der Waals surface area (Å²) in [6.45, 7) is 5.80. The first kappa shape index (κ1) is 33.7. The molecule has 7 heteroatoms. The van der Waals surface area contributed by atoms with Gasteiger partial charge in [-0.25, -0.2) is 0 Å².